The van der Waals surface area contributed by atoms with E-state index >= 15 is 0 Å². The number of anilines is 1. The first-order valence-corrected chi connectivity index (χ1v) is 10.2. The zero-order valence-corrected chi connectivity index (χ0v) is 17.3. The van der Waals surface area contributed by atoms with E-state index in [2.05, 4.69) is 30.6 Å². The second kappa shape index (κ2) is 8.83. The molecular weight excluding hydrogens is 400 g/mol. The van der Waals surface area contributed by atoms with Gasteiger partial charge >= 0.3 is 0 Å². The Morgan fingerprint density at radius 2 is 2.00 bits per heavy atom. The summed E-state index contributed by atoms with van der Waals surface area (Å²) in [6.45, 7) is 2.25. The molecule has 0 radical (unpaired) electrons. The first-order chi connectivity index (χ1) is 14.7. The summed E-state index contributed by atoms with van der Waals surface area (Å²) in [5.41, 5.74) is 2.69. The van der Waals surface area contributed by atoms with E-state index in [-0.39, 0.29) is 18.5 Å². The molecule has 0 spiro atoms. The van der Waals surface area contributed by atoms with Crippen LogP contribution in [0.15, 0.2) is 54.2 Å². The number of carbonyl (C=O) groups is 1. The van der Waals surface area contributed by atoms with Crippen molar-refractivity contribution < 1.29 is 9.53 Å². The first kappa shape index (κ1) is 19.7. The zero-order chi connectivity index (χ0) is 20.9. The van der Waals surface area contributed by atoms with Crippen molar-refractivity contribution in [3.05, 3.63) is 71.1 Å². The summed E-state index contributed by atoms with van der Waals surface area (Å²) < 4.78 is 5.98. The highest BCUT2D eigenvalue weighted by Crippen LogP contribution is 2.25. The average molecular weight is 420 g/mol. The van der Waals surface area contributed by atoms with E-state index in [9.17, 15) is 4.79 Å². The summed E-state index contributed by atoms with van der Waals surface area (Å²) in [6.07, 6.45) is 3.38. The molecule has 30 heavy (non-hydrogen) atoms. The summed E-state index contributed by atoms with van der Waals surface area (Å²) in [7, 11) is 1.55. The van der Waals surface area contributed by atoms with E-state index in [1.165, 1.54) is 11.3 Å². The third kappa shape index (κ3) is 4.20. The van der Waals surface area contributed by atoms with Crippen LogP contribution in [0.25, 0.3) is 10.2 Å². The van der Waals surface area contributed by atoms with Gasteiger partial charge in [0, 0.05) is 24.5 Å². The first-order valence-electron chi connectivity index (χ1n) is 9.34. The number of hydrogen-bond acceptors (Lipinski definition) is 8. The van der Waals surface area contributed by atoms with Gasteiger partial charge in [0.2, 0.25) is 11.8 Å². The fraction of sp³-hybridized carbons (Fsp3) is 0.190. The topological polar surface area (TPSA) is 102 Å². The maximum absolute atomic E-state index is 12.9. The highest BCUT2D eigenvalue weighted by atomic mass is 32.1. The minimum atomic E-state index is -0.288. The van der Waals surface area contributed by atoms with Crippen molar-refractivity contribution in [3.8, 4) is 5.88 Å². The zero-order valence-electron chi connectivity index (χ0n) is 16.5. The predicted octanol–water partition coefficient (Wildman–Crippen LogP) is 3.59. The largest absolute Gasteiger partial charge is 0.481 e. The van der Waals surface area contributed by atoms with Gasteiger partial charge in [-0.2, -0.15) is 0 Å². The average Bonchev–Trinajstić information content (AvgIpc) is 3.26. The lowest BCUT2D eigenvalue weighted by Crippen LogP contribution is -2.25. The molecule has 0 aliphatic carbocycles. The van der Waals surface area contributed by atoms with E-state index in [1.54, 1.807) is 25.6 Å². The van der Waals surface area contributed by atoms with Crippen molar-refractivity contribution in [2.75, 3.05) is 12.4 Å². The van der Waals surface area contributed by atoms with E-state index in [4.69, 9.17) is 4.74 Å². The van der Waals surface area contributed by atoms with Crippen molar-refractivity contribution in [2.45, 2.75) is 19.5 Å². The van der Waals surface area contributed by atoms with Crippen LogP contribution in [0.4, 0.5) is 5.95 Å². The summed E-state index contributed by atoms with van der Waals surface area (Å²) >= 11 is 1.43. The van der Waals surface area contributed by atoms with Gasteiger partial charge in [-0.3, -0.25) is 9.78 Å². The molecule has 8 nitrogen and oxygen atoms in total. The van der Waals surface area contributed by atoms with Gasteiger partial charge in [0.25, 0.3) is 5.91 Å². The molecule has 4 aromatic rings. The third-order valence-corrected chi connectivity index (χ3v) is 5.39. The van der Waals surface area contributed by atoms with Crippen molar-refractivity contribution in [3.63, 3.8) is 0 Å². The van der Waals surface area contributed by atoms with E-state index in [0.717, 1.165) is 21.5 Å². The molecule has 0 aromatic carbocycles. The minimum Gasteiger partial charge on any atom is -0.481 e. The van der Waals surface area contributed by atoms with Gasteiger partial charge in [-0.25, -0.2) is 15.0 Å². The Morgan fingerprint density at radius 3 is 2.80 bits per heavy atom. The maximum atomic E-state index is 12.9. The second-order valence-corrected chi connectivity index (χ2v) is 7.42. The van der Waals surface area contributed by atoms with Crippen LogP contribution in [0.2, 0.25) is 0 Å². The van der Waals surface area contributed by atoms with Crippen molar-refractivity contribution in [1.82, 2.24) is 25.3 Å². The quantitative estimate of drug-likeness (QED) is 0.471. The number of rotatable bonds is 7. The minimum absolute atomic E-state index is 0.113. The molecule has 1 amide bonds. The molecule has 4 rings (SSSR count). The number of fused-ring (bicyclic) bond motifs is 1. The Hall–Kier alpha value is -3.59. The van der Waals surface area contributed by atoms with E-state index < -0.39 is 0 Å². The third-order valence-electron chi connectivity index (χ3n) is 4.48. The molecule has 4 heterocycles. The Morgan fingerprint density at radius 1 is 1.13 bits per heavy atom. The van der Waals surface area contributed by atoms with E-state index in [0.29, 0.717) is 17.5 Å². The van der Waals surface area contributed by atoms with Gasteiger partial charge in [0.05, 0.1) is 29.1 Å². The molecule has 0 saturated carbocycles. The normalized spacial score (nSPS) is 11.8. The molecule has 0 fully saturated rings. The van der Waals surface area contributed by atoms with Crippen molar-refractivity contribution in [2.24, 2.45) is 0 Å². The number of methoxy groups -OCH3 is 1. The van der Waals surface area contributed by atoms with Crippen molar-refractivity contribution >= 4 is 33.4 Å². The Bertz CT molecular complexity index is 1160. The Labute approximate surface area is 177 Å². The second-order valence-electron chi connectivity index (χ2n) is 6.51. The molecule has 0 bridgehead atoms. The fourth-order valence-electron chi connectivity index (χ4n) is 2.98. The number of nitrogens with one attached hydrogen (secondary N) is 2. The summed E-state index contributed by atoms with van der Waals surface area (Å²) in [6, 6.07) is 11.1. The molecule has 9 heteroatoms. The lowest BCUT2D eigenvalue weighted by molar-refractivity contribution is 0.0947. The van der Waals surface area contributed by atoms with Crippen LogP contribution >= 0.6 is 11.3 Å². The number of pyridine rings is 2. The van der Waals surface area contributed by atoms with Crippen LogP contribution < -0.4 is 15.4 Å². The molecule has 0 unspecified atom stereocenters. The molecule has 2 N–H and O–H groups in total. The summed E-state index contributed by atoms with van der Waals surface area (Å²) in [4.78, 5) is 30.5. The highest BCUT2D eigenvalue weighted by Gasteiger charge is 2.18. The number of aromatic nitrogens is 4. The maximum Gasteiger partial charge on any atom is 0.271 e. The van der Waals surface area contributed by atoms with Gasteiger partial charge in [-0.1, -0.05) is 12.1 Å². The lowest BCUT2D eigenvalue weighted by atomic mass is 10.2. The molecular formula is C21H20N6O2S. The smallest absolute Gasteiger partial charge is 0.271 e. The predicted molar refractivity (Wildman–Crippen MR) is 116 cm³/mol. The number of hydrogen-bond donors (Lipinski definition) is 2. The van der Waals surface area contributed by atoms with Crippen LogP contribution in [0.1, 0.15) is 34.7 Å². The highest BCUT2D eigenvalue weighted by molar-refractivity contribution is 7.17. The van der Waals surface area contributed by atoms with Crippen LogP contribution in [0.3, 0.4) is 0 Å². The number of ether oxygens (including phenoxy) is 1. The summed E-state index contributed by atoms with van der Waals surface area (Å²) in [5.74, 6) is 0.570. The molecule has 0 aliphatic heterocycles. The number of nitrogens with zero attached hydrogens (tertiary/aromatic N) is 4. The SMILES string of the molecule is COc1ncccc1CNC(=O)c1nc(N[C@@H](C)c2ccccn2)nc2ccsc12. The van der Waals surface area contributed by atoms with Gasteiger partial charge in [-0.05, 0) is 36.6 Å². The van der Waals surface area contributed by atoms with Crippen LogP contribution in [0.5, 0.6) is 5.88 Å². The van der Waals surface area contributed by atoms with Gasteiger partial charge in [-0.15, -0.1) is 11.3 Å². The van der Waals surface area contributed by atoms with Gasteiger partial charge < -0.3 is 15.4 Å². The van der Waals surface area contributed by atoms with Crippen LogP contribution in [0, 0.1) is 0 Å². The molecule has 4 aromatic heterocycles. The van der Waals surface area contributed by atoms with Crippen LogP contribution in [-0.2, 0) is 6.54 Å². The van der Waals surface area contributed by atoms with Gasteiger partial charge in [0.1, 0.15) is 0 Å². The standard InChI is InChI=1S/C21H20N6O2S/c1-13(15-7-3-4-9-22-15)25-21-26-16-8-11-30-18(16)17(27-21)19(28)24-12-14-6-5-10-23-20(14)29-2/h3-11,13H,12H2,1-2H3,(H,24,28)(H,25,26,27)/t13-/m0/s1. The Balaban J connectivity index is 1.57. The molecule has 0 aliphatic rings. The van der Waals surface area contributed by atoms with Gasteiger partial charge in [0.15, 0.2) is 5.69 Å². The molecule has 152 valence electrons. The van der Waals surface area contributed by atoms with Crippen LogP contribution in [-0.4, -0.2) is 33.0 Å². The number of amides is 1. The Kier molecular flexibility index (Phi) is 5.80. The number of thiophene rings is 1. The molecule has 0 saturated heterocycles. The van der Waals surface area contributed by atoms with Crippen molar-refractivity contribution in [1.29, 1.82) is 0 Å². The molecule has 1 atom stereocenters. The monoisotopic (exact) mass is 420 g/mol. The fourth-order valence-corrected chi connectivity index (χ4v) is 3.80. The summed E-state index contributed by atoms with van der Waals surface area (Å²) in [5, 5.41) is 8.03. The lowest BCUT2D eigenvalue weighted by Gasteiger charge is -2.14. The van der Waals surface area contributed by atoms with E-state index in [1.807, 2.05) is 42.6 Å². The number of carbonyl (C=O) groups excluding carboxylic acids is 1.